The highest BCUT2D eigenvalue weighted by atomic mass is 32.2. The summed E-state index contributed by atoms with van der Waals surface area (Å²) in [6.45, 7) is 4.94. The lowest BCUT2D eigenvalue weighted by atomic mass is 10.1. The Hall–Kier alpha value is -2.48. The minimum Gasteiger partial charge on any atom is -0.486 e. The number of hydrogen-bond acceptors (Lipinski definition) is 6. The lowest BCUT2D eigenvalue weighted by Gasteiger charge is -2.19. The molecule has 1 aliphatic rings. The second kappa shape index (κ2) is 7.60. The van der Waals surface area contributed by atoms with Crippen molar-refractivity contribution in [3.8, 4) is 11.5 Å². The summed E-state index contributed by atoms with van der Waals surface area (Å²) >= 11 is 1.19. The highest BCUT2D eigenvalue weighted by Gasteiger charge is 2.13. The smallest absolute Gasteiger partial charge is 0.251 e. The molecule has 0 radical (unpaired) electrons. The second-order valence-corrected chi connectivity index (χ2v) is 6.79. The third-order valence-electron chi connectivity index (χ3n) is 3.50. The monoisotopic (exact) mass is 361 g/mol. The zero-order valence-corrected chi connectivity index (χ0v) is 14.8. The van der Waals surface area contributed by atoms with E-state index in [0.29, 0.717) is 41.3 Å². The van der Waals surface area contributed by atoms with Gasteiger partial charge in [0.1, 0.15) is 13.2 Å². The fourth-order valence-electron chi connectivity index (χ4n) is 2.27. The zero-order valence-electron chi connectivity index (χ0n) is 14.0. The maximum Gasteiger partial charge on any atom is 0.251 e. The van der Waals surface area contributed by atoms with Crippen molar-refractivity contribution in [3.63, 3.8) is 0 Å². The number of anilines is 1. The molecule has 2 aromatic rings. The number of thioether (sulfide) groups is 1. The molecule has 0 aliphatic carbocycles. The molecule has 7 nitrogen and oxygen atoms in total. The summed E-state index contributed by atoms with van der Waals surface area (Å²) in [7, 11) is 0. The number of aromatic amines is 1. The van der Waals surface area contributed by atoms with Crippen LogP contribution in [0.2, 0.25) is 0 Å². The molecule has 8 heteroatoms. The molecule has 3 rings (SSSR count). The van der Waals surface area contributed by atoms with Gasteiger partial charge in [0.25, 0.3) is 5.56 Å². The van der Waals surface area contributed by atoms with E-state index in [4.69, 9.17) is 9.47 Å². The number of rotatable bonds is 5. The van der Waals surface area contributed by atoms with Crippen LogP contribution in [-0.4, -0.2) is 34.8 Å². The van der Waals surface area contributed by atoms with Crippen molar-refractivity contribution in [1.29, 1.82) is 0 Å². The van der Waals surface area contributed by atoms with Gasteiger partial charge in [0.05, 0.1) is 11.4 Å². The highest BCUT2D eigenvalue weighted by Crippen LogP contribution is 2.32. The standard InChI is InChI=1S/C17H19N3O4S/c1-10(2)12-8-15(21)20-17(19-12)25-9-16(22)18-11-3-4-13-14(7-11)24-6-5-23-13/h3-4,7-8,10H,5-6,9H2,1-2H3,(H,18,22)(H,19,20,21). The number of nitrogens with one attached hydrogen (secondary N) is 2. The molecule has 0 saturated heterocycles. The van der Waals surface area contributed by atoms with Crippen LogP contribution in [0.4, 0.5) is 5.69 Å². The summed E-state index contributed by atoms with van der Waals surface area (Å²) in [5, 5.41) is 3.24. The van der Waals surface area contributed by atoms with Crippen LogP contribution in [0.1, 0.15) is 25.5 Å². The number of aromatic nitrogens is 2. The maximum absolute atomic E-state index is 12.1. The van der Waals surface area contributed by atoms with Crippen molar-refractivity contribution in [2.75, 3.05) is 24.3 Å². The van der Waals surface area contributed by atoms with Gasteiger partial charge in [0.15, 0.2) is 16.7 Å². The number of carbonyl (C=O) groups is 1. The van der Waals surface area contributed by atoms with Gasteiger partial charge >= 0.3 is 0 Å². The van der Waals surface area contributed by atoms with E-state index in [-0.39, 0.29) is 23.1 Å². The van der Waals surface area contributed by atoms with Gasteiger partial charge in [-0.25, -0.2) is 4.98 Å². The first-order chi connectivity index (χ1) is 12.0. The number of nitrogens with zero attached hydrogens (tertiary/aromatic N) is 1. The van der Waals surface area contributed by atoms with Crippen molar-refractivity contribution < 1.29 is 14.3 Å². The first kappa shape index (κ1) is 17.3. The molecule has 1 amide bonds. The Labute approximate surface area is 149 Å². The fourth-order valence-corrected chi connectivity index (χ4v) is 2.95. The third kappa shape index (κ3) is 4.54. The maximum atomic E-state index is 12.1. The molecule has 1 aromatic heterocycles. The van der Waals surface area contributed by atoms with Gasteiger partial charge in [-0.3, -0.25) is 9.59 Å². The van der Waals surface area contributed by atoms with Crippen LogP contribution in [0.3, 0.4) is 0 Å². The molecule has 0 bridgehead atoms. The van der Waals surface area contributed by atoms with Gasteiger partial charge in [-0.15, -0.1) is 0 Å². The normalized spacial score (nSPS) is 12.9. The van der Waals surface area contributed by atoms with E-state index < -0.39 is 0 Å². The number of benzene rings is 1. The first-order valence-corrected chi connectivity index (χ1v) is 8.93. The highest BCUT2D eigenvalue weighted by molar-refractivity contribution is 7.99. The Bertz CT molecular complexity index is 835. The van der Waals surface area contributed by atoms with Gasteiger partial charge < -0.3 is 19.8 Å². The summed E-state index contributed by atoms with van der Waals surface area (Å²) in [6, 6.07) is 6.73. The summed E-state index contributed by atoms with van der Waals surface area (Å²) in [5.41, 5.74) is 1.12. The Morgan fingerprint density at radius 2 is 2.04 bits per heavy atom. The van der Waals surface area contributed by atoms with E-state index in [1.165, 1.54) is 17.8 Å². The molecule has 2 heterocycles. The van der Waals surface area contributed by atoms with E-state index in [0.717, 1.165) is 0 Å². The molecule has 25 heavy (non-hydrogen) atoms. The Morgan fingerprint density at radius 3 is 2.80 bits per heavy atom. The SMILES string of the molecule is CC(C)c1cc(=O)[nH]c(SCC(=O)Nc2ccc3c(c2)OCCO3)n1. The van der Waals surface area contributed by atoms with E-state index >= 15 is 0 Å². The Morgan fingerprint density at radius 1 is 1.28 bits per heavy atom. The van der Waals surface area contributed by atoms with Crippen LogP contribution >= 0.6 is 11.8 Å². The van der Waals surface area contributed by atoms with Gasteiger partial charge in [0, 0.05) is 17.8 Å². The predicted octanol–water partition coefficient (Wildman–Crippen LogP) is 2.40. The van der Waals surface area contributed by atoms with E-state index in [9.17, 15) is 9.59 Å². The average molecular weight is 361 g/mol. The van der Waals surface area contributed by atoms with Crippen LogP contribution in [0.5, 0.6) is 11.5 Å². The number of amides is 1. The molecule has 1 aromatic carbocycles. The van der Waals surface area contributed by atoms with Crippen LogP contribution in [-0.2, 0) is 4.79 Å². The number of carbonyl (C=O) groups excluding carboxylic acids is 1. The average Bonchev–Trinajstić information content (AvgIpc) is 2.59. The van der Waals surface area contributed by atoms with Gasteiger partial charge in [-0.1, -0.05) is 25.6 Å². The quantitative estimate of drug-likeness (QED) is 0.627. The van der Waals surface area contributed by atoms with Gasteiger partial charge in [0.2, 0.25) is 5.91 Å². The third-order valence-corrected chi connectivity index (χ3v) is 4.37. The summed E-state index contributed by atoms with van der Waals surface area (Å²) in [5.74, 6) is 1.38. The number of ether oxygens (including phenoxy) is 2. The molecule has 1 aliphatic heterocycles. The molecule has 0 atom stereocenters. The van der Waals surface area contributed by atoms with E-state index in [1.54, 1.807) is 18.2 Å². The second-order valence-electron chi connectivity index (χ2n) is 5.83. The minimum atomic E-state index is -0.214. The summed E-state index contributed by atoms with van der Waals surface area (Å²) in [4.78, 5) is 30.8. The molecule has 0 spiro atoms. The van der Waals surface area contributed by atoms with E-state index in [2.05, 4.69) is 15.3 Å². The minimum absolute atomic E-state index is 0.138. The fraction of sp³-hybridized carbons (Fsp3) is 0.353. The number of H-pyrrole nitrogens is 1. The lowest BCUT2D eigenvalue weighted by molar-refractivity contribution is -0.113. The van der Waals surface area contributed by atoms with Crippen molar-refractivity contribution in [3.05, 3.63) is 40.3 Å². The van der Waals surface area contributed by atoms with Crippen LogP contribution in [0.25, 0.3) is 0 Å². The zero-order chi connectivity index (χ0) is 17.8. The Balaban J connectivity index is 1.61. The molecular formula is C17H19N3O4S. The number of hydrogen-bond donors (Lipinski definition) is 2. The van der Waals surface area contributed by atoms with Crippen molar-refractivity contribution in [1.82, 2.24) is 9.97 Å². The van der Waals surface area contributed by atoms with Crippen LogP contribution < -0.4 is 20.3 Å². The number of fused-ring (bicyclic) bond motifs is 1. The molecular weight excluding hydrogens is 342 g/mol. The van der Waals surface area contributed by atoms with Crippen LogP contribution in [0, 0.1) is 0 Å². The van der Waals surface area contributed by atoms with Gasteiger partial charge in [-0.05, 0) is 18.1 Å². The van der Waals surface area contributed by atoms with E-state index in [1.807, 2.05) is 13.8 Å². The predicted molar refractivity (Wildman–Crippen MR) is 95.7 cm³/mol. The Kier molecular flexibility index (Phi) is 5.28. The largest absolute Gasteiger partial charge is 0.486 e. The van der Waals surface area contributed by atoms with Gasteiger partial charge in [-0.2, -0.15) is 0 Å². The first-order valence-electron chi connectivity index (χ1n) is 7.95. The molecule has 0 fully saturated rings. The topological polar surface area (TPSA) is 93.3 Å². The molecule has 0 unspecified atom stereocenters. The summed E-state index contributed by atoms with van der Waals surface area (Å²) < 4.78 is 10.9. The van der Waals surface area contributed by atoms with Crippen molar-refractivity contribution in [2.45, 2.75) is 24.9 Å². The van der Waals surface area contributed by atoms with Crippen molar-refractivity contribution in [2.24, 2.45) is 0 Å². The van der Waals surface area contributed by atoms with Crippen LogP contribution in [0.15, 0.2) is 34.2 Å². The van der Waals surface area contributed by atoms with Crippen molar-refractivity contribution >= 4 is 23.4 Å². The summed E-state index contributed by atoms with van der Waals surface area (Å²) in [6.07, 6.45) is 0. The molecule has 132 valence electrons. The lowest BCUT2D eigenvalue weighted by Crippen LogP contribution is -2.17. The molecule has 2 N–H and O–H groups in total. The molecule has 0 saturated carbocycles.